The van der Waals surface area contributed by atoms with Gasteiger partial charge in [0, 0.05) is 12.6 Å². The van der Waals surface area contributed by atoms with Gasteiger partial charge in [0.05, 0.1) is 30.8 Å². The SMILES string of the molecule is CN(Cc1ccc(F)cc1C#N)C1COCC1C(=O)O. The van der Waals surface area contributed by atoms with Crippen molar-refractivity contribution in [2.45, 2.75) is 12.6 Å². The van der Waals surface area contributed by atoms with Crippen molar-refractivity contribution in [1.82, 2.24) is 4.90 Å². The Morgan fingerprint density at radius 2 is 2.35 bits per heavy atom. The molecule has 1 aliphatic rings. The zero-order valence-corrected chi connectivity index (χ0v) is 11.0. The Morgan fingerprint density at radius 1 is 1.60 bits per heavy atom. The molecule has 6 heteroatoms. The first-order valence-corrected chi connectivity index (χ1v) is 6.22. The van der Waals surface area contributed by atoms with Crippen LogP contribution in [0.5, 0.6) is 0 Å². The minimum absolute atomic E-state index is 0.193. The van der Waals surface area contributed by atoms with Crippen molar-refractivity contribution in [3.8, 4) is 6.07 Å². The number of aliphatic carboxylic acids is 1. The number of nitriles is 1. The van der Waals surface area contributed by atoms with Crippen LogP contribution in [0.3, 0.4) is 0 Å². The highest BCUT2D eigenvalue weighted by Gasteiger charge is 2.36. The second kappa shape index (κ2) is 5.99. The lowest BCUT2D eigenvalue weighted by Crippen LogP contribution is -2.40. The maximum absolute atomic E-state index is 13.1. The Balaban J connectivity index is 2.14. The largest absolute Gasteiger partial charge is 0.481 e. The molecule has 1 aliphatic heterocycles. The van der Waals surface area contributed by atoms with E-state index in [-0.39, 0.29) is 18.2 Å². The highest BCUT2D eigenvalue weighted by Crippen LogP contribution is 2.22. The number of carboxylic acid groups (broad SMARTS) is 1. The van der Waals surface area contributed by atoms with Crippen LogP contribution in [-0.2, 0) is 16.1 Å². The Labute approximate surface area is 116 Å². The third-order valence-electron chi connectivity index (χ3n) is 3.55. The molecule has 20 heavy (non-hydrogen) atoms. The fourth-order valence-corrected chi connectivity index (χ4v) is 2.39. The molecule has 2 unspecified atom stereocenters. The topological polar surface area (TPSA) is 73.6 Å². The number of likely N-dealkylation sites (N-methyl/N-ethyl adjacent to an activating group) is 1. The van der Waals surface area contributed by atoms with Gasteiger partial charge in [0.2, 0.25) is 0 Å². The molecule has 0 spiro atoms. The monoisotopic (exact) mass is 278 g/mol. The van der Waals surface area contributed by atoms with Gasteiger partial charge in [-0.25, -0.2) is 4.39 Å². The normalized spacial score (nSPS) is 21.9. The number of carboxylic acids is 1. The molecule has 0 radical (unpaired) electrons. The summed E-state index contributed by atoms with van der Waals surface area (Å²) in [5.74, 6) is -1.93. The molecule has 2 rings (SSSR count). The van der Waals surface area contributed by atoms with Crippen molar-refractivity contribution < 1.29 is 19.0 Å². The van der Waals surface area contributed by atoms with Crippen LogP contribution in [0.25, 0.3) is 0 Å². The summed E-state index contributed by atoms with van der Waals surface area (Å²) in [6, 6.07) is 5.74. The summed E-state index contributed by atoms with van der Waals surface area (Å²) in [7, 11) is 1.78. The van der Waals surface area contributed by atoms with Gasteiger partial charge in [-0.15, -0.1) is 0 Å². The maximum Gasteiger partial charge on any atom is 0.310 e. The number of rotatable bonds is 4. The van der Waals surface area contributed by atoms with Crippen molar-refractivity contribution in [1.29, 1.82) is 5.26 Å². The minimum atomic E-state index is -0.890. The summed E-state index contributed by atoms with van der Waals surface area (Å²) < 4.78 is 18.3. The number of carbonyl (C=O) groups is 1. The lowest BCUT2D eigenvalue weighted by molar-refractivity contribution is -0.143. The second-order valence-electron chi connectivity index (χ2n) is 4.88. The van der Waals surface area contributed by atoms with Crippen LogP contribution in [0.15, 0.2) is 18.2 Å². The summed E-state index contributed by atoms with van der Waals surface area (Å²) in [5.41, 5.74) is 0.940. The van der Waals surface area contributed by atoms with Crippen LogP contribution in [0.4, 0.5) is 4.39 Å². The number of hydrogen-bond acceptors (Lipinski definition) is 4. The van der Waals surface area contributed by atoms with E-state index in [9.17, 15) is 9.18 Å². The highest BCUT2D eigenvalue weighted by molar-refractivity contribution is 5.71. The number of halogens is 1. The van der Waals surface area contributed by atoms with Crippen molar-refractivity contribution in [2.75, 3.05) is 20.3 Å². The van der Waals surface area contributed by atoms with E-state index in [2.05, 4.69) is 0 Å². The lowest BCUT2D eigenvalue weighted by Gasteiger charge is -2.26. The number of ether oxygens (including phenoxy) is 1. The third kappa shape index (κ3) is 2.95. The molecule has 0 aliphatic carbocycles. The first-order valence-electron chi connectivity index (χ1n) is 6.22. The van der Waals surface area contributed by atoms with Gasteiger partial charge in [-0.3, -0.25) is 9.69 Å². The Kier molecular flexibility index (Phi) is 4.32. The molecule has 5 nitrogen and oxygen atoms in total. The predicted molar refractivity (Wildman–Crippen MR) is 68.3 cm³/mol. The molecule has 2 atom stereocenters. The molecule has 1 N–H and O–H groups in total. The number of nitrogens with zero attached hydrogens (tertiary/aromatic N) is 2. The summed E-state index contributed by atoms with van der Waals surface area (Å²) in [6.07, 6.45) is 0. The second-order valence-corrected chi connectivity index (χ2v) is 4.88. The van der Waals surface area contributed by atoms with Gasteiger partial charge in [-0.1, -0.05) is 6.07 Å². The molecule has 1 aromatic rings. The van der Waals surface area contributed by atoms with E-state index in [0.717, 1.165) is 0 Å². The Bertz CT molecular complexity index is 556. The molecular weight excluding hydrogens is 263 g/mol. The molecule has 1 fully saturated rings. The van der Waals surface area contributed by atoms with Crippen LogP contribution in [0.1, 0.15) is 11.1 Å². The molecule has 1 aromatic carbocycles. The van der Waals surface area contributed by atoms with E-state index in [1.807, 2.05) is 11.0 Å². The first kappa shape index (κ1) is 14.4. The van der Waals surface area contributed by atoms with Crippen LogP contribution < -0.4 is 0 Å². The molecular formula is C14H15FN2O3. The summed E-state index contributed by atoms with van der Waals surface area (Å²) >= 11 is 0. The van der Waals surface area contributed by atoms with Gasteiger partial charge < -0.3 is 9.84 Å². The van der Waals surface area contributed by atoms with Crippen LogP contribution in [-0.4, -0.2) is 42.3 Å². The average molecular weight is 278 g/mol. The predicted octanol–water partition coefficient (Wildman–Crippen LogP) is 1.23. The smallest absolute Gasteiger partial charge is 0.310 e. The molecule has 0 aromatic heterocycles. The number of hydrogen-bond donors (Lipinski definition) is 1. The van der Waals surface area contributed by atoms with E-state index in [1.165, 1.54) is 12.1 Å². The quantitative estimate of drug-likeness (QED) is 0.896. The molecule has 0 bridgehead atoms. The van der Waals surface area contributed by atoms with Crippen LogP contribution >= 0.6 is 0 Å². The Hall–Kier alpha value is -1.97. The van der Waals surface area contributed by atoms with Crippen molar-refractivity contribution in [3.63, 3.8) is 0 Å². The van der Waals surface area contributed by atoms with E-state index < -0.39 is 17.7 Å². The summed E-state index contributed by atoms with van der Waals surface area (Å²) in [4.78, 5) is 13.0. The van der Waals surface area contributed by atoms with Gasteiger partial charge in [0.1, 0.15) is 5.82 Å². The maximum atomic E-state index is 13.1. The van der Waals surface area contributed by atoms with Crippen molar-refractivity contribution >= 4 is 5.97 Å². The van der Waals surface area contributed by atoms with Crippen LogP contribution in [0, 0.1) is 23.1 Å². The van der Waals surface area contributed by atoms with Gasteiger partial charge in [-0.2, -0.15) is 5.26 Å². The minimum Gasteiger partial charge on any atom is -0.481 e. The van der Waals surface area contributed by atoms with Gasteiger partial charge in [-0.05, 0) is 24.7 Å². The highest BCUT2D eigenvalue weighted by atomic mass is 19.1. The van der Waals surface area contributed by atoms with Crippen molar-refractivity contribution in [2.24, 2.45) is 5.92 Å². The lowest BCUT2D eigenvalue weighted by atomic mass is 10.0. The summed E-state index contributed by atoms with van der Waals surface area (Å²) in [6.45, 7) is 0.913. The van der Waals surface area contributed by atoms with Gasteiger partial charge in [0.25, 0.3) is 0 Å². The summed E-state index contributed by atoms with van der Waals surface area (Å²) in [5, 5.41) is 18.1. The average Bonchev–Trinajstić information content (AvgIpc) is 2.90. The zero-order valence-electron chi connectivity index (χ0n) is 11.0. The molecule has 1 saturated heterocycles. The molecule has 1 heterocycles. The van der Waals surface area contributed by atoms with E-state index in [4.69, 9.17) is 15.1 Å². The molecule has 106 valence electrons. The van der Waals surface area contributed by atoms with Gasteiger partial charge in [0.15, 0.2) is 0 Å². The first-order chi connectivity index (χ1) is 9.52. The Morgan fingerprint density at radius 3 is 3.00 bits per heavy atom. The van der Waals surface area contributed by atoms with E-state index in [0.29, 0.717) is 18.7 Å². The third-order valence-corrected chi connectivity index (χ3v) is 3.55. The van der Waals surface area contributed by atoms with Crippen LogP contribution in [0.2, 0.25) is 0 Å². The van der Waals surface area contributed by atoms with E-state index in [1.54, 1.807) is 13.1 Å². The van der Waals surface area contributed by atoms with E-state index >= 15 is 0 Å². The number of benzene rings is 1. The fraction of sp³-hybridized carbons (Fsp3) is 0.429. The van der Waals surface area contributed by atoms with Gasteiger partial charge >= 0.3 is 5.97 Å². The standard InChI is InChI=1S/C14H15FN2O3/c1-17(13-8-20-7-12(13)14(18)19)6-9-2-3-11(15)4-10(9)5-16/h2-4,12-13H,6-8H2,1H3,(H,18,19). The zero-order chi connectivity index (χ0) is 14.7. The molecule has 0 amide bonds. The molecule has 0 saturated carbocycles. The fourth-order valence-electron chi connectivity index (χ4n) is 2.39. The van der Waals surface area contributed by atoms with Crippen molar-refractivity contribution in [3.05, 3.63) is 35.1 Å².